The van der Waals surface area contributed by atoms with Crippen molar-refractivity contribution in [2.75, 3.05) is 12.8 Å². The van der Waals surface area contributed by atoms with Crippen molar-refractivity contribution in [3.05, 3.63) is 33.2 Å². The third-order valence-electron chi connectivity index (χ3n) is 8.55. The van der Waals surface area contributed by atoms with Gasteiger partial charge in [-0.25, -0.2) is 13.8 Å². The largest absolute Gasteiger partial charge is 0.448 e. The van der Waals surface area contributed by atoms with Crippen molar-refractivity contribution in [2.24, 2.45) is 22.7 Å². The predicted molar refractivity (Wildman–Crippen MR) is 153 cm³/mol. The van der Waals surface area contributed by atoms with Gasteiger partial charge in [-0.05, 0) is 57.9 Å². The van der Waals surface area contributed by atoms with Crippen LogP contribution in [0.2, 0.25) is 5.02 Å². The molecule has 0 radical (unpaired) electrons. The predicted octanol–water partition coefficient (Wildman–Crippen LogP) is 5.45. The van der Waals surface area contributed by atoms with Gasteiger partial charge in [0.25, 0.3) is 17.6 Å². The molecule has 4 aliphatic rings. The minimum atomic E-state index is -2.72. The summed E-state index contributed by atoms with van der Waals surface area (Å²) in [6.45, 7) is 5.48. The lowest BCUT2D eigenvalue weighted by molar-refractivity contribution is -0.151. The first kappa shape index (κ1) is 29.8. The molecule has 222 valence electrons. The van der Waals surface area contributed by atoms with Crippen LogP contribution >= 0.6 is 23.4 Å². The van der Waals surface area contributed by atoms with Crippen molar-refractivity contribution in [3.63, 3.8) is 0 Å². The maximum Gasteiger partial charge on any atom is 0.255 e. The van der Waals surface area contributed by atoms with E-state index in [0.29, 0.717) is 54.0 Å². The number of hydrogen-bond acceptors (Lipinski definition) is 6. The van der Waals surface area contributed by atoms with Gasteiger partial charge in [0.1, 0.15) is 0 Å². The second kappa shape index (κ2) is 11.2. The van der Waals surface area contributed by atoms with Gasteiger partial charge in [-0.3, -0.25) is 14.4 Å². The number of ether oxygens (including phenoxy) is 2. The molecule has 2 heterocycles. The summed E-state index contributed by atoms with van der Waals surface area (Å²) in [5.41, 5.74) is 1.54. The molecule has 0 aromatic heterocycles. The van der Waals surface area contributed by atoms with E-state index in [4.69, 9.17) is 21.1 Å². The van der Waals surface area contributed by atoms with Crippen molar-refractivity contribution >= 4 is 46.8 Å². The monoisotopic (exact) mass is 609 g/mol. The number of dihydropyridines is 1. The van der Waals surface area contributed by atoms with E-state index in [2.05, 4.69) is 15.6 Å². The Morgan fingerprint density at radius 1 is 1.15 bits per heavy atom. The number of benzene rings is 1. The molecule has 2 aliphatic heterocycles. The van der Waals surface area contributed by atoms with Crippen LogP contribution in [0.5, 0.6) is 11.5 Å². The summed E-state index contributed by atoms with van der Waals surface area (Å²) >= 11 is 8.02. The molecule has 2 saturated carbocycles. The SMILES string of the molecule is CSC1=CC(C)=NC(=O)C1CNC(=O)c1cc(Cl)c2c(c1C)OC(C)(C1CCC(NC(=O)C3CC(F)(F)C3)CC1)O2. The third-order valence-corrected chi connectivity index (χ3v) is 9.71. The lowest BCUT2D eigenvalue weighted by atomic mass is 9.79. The third kappa shape index (κ3) is 5.98. The molecule has 2 N–H and O–H groups in total. The average Bonchev–Trinajstić information content (AvgIpc) is 3.28. The van der Waals surface area contributed by atoms with Gasteiger partial charge in [0.05, 0.1) is 10.9 Å². The van der Waals surface area contributed by atoms with Gasteiger partial charge in [-0.2, -0.15) is 0 Å². The number of hydrogen-bond donors (Lipinski definition) is 2. The molecule has 2 atom stereocenters. The summed E-state index contributed by atoms with van der Waals surface area (Å²) in [6.07, 6.45) is 5.72. The number of carbonyl (C=O) groups is 3. The van der Waals surface area contributed by atoms with E-state index in [1.165, 1.54) is 11.8 Å². The number of allylic oxidation sites excluding steroid dienone is 1. The van der Waals surface area contributed by atoms with Crippen molar-refractivity contribution < 1.29 is 32.6 Å². The number of carbonyl (C=O) groups excluding carboxylic acids is 3. The van der Waals surface area contributed by atoms with Gasteiger partial charge in [0.15, 0.2) is 11.5 Å². The highest BCUT2D eigenvalue weighted by Gasteiger charge is 2.50. The Labute approximate surface area is 247 Å². The minimum absolute atomic E-state index is 0.0121. The Hall–Kier alpha value is -2.66. The van der Waals surface area contributed by atoms with E-state index in [0.717, 1.165) is 4.91 Å². The van der Waals surface area contributed by atoms with Gasteiger partial charge >= 0.3 is 0 Å². The first-order valence-electron chi connectivity index (χ1n) is 13.8. The minimum Gasteiger partial charge on any atom is -0.448 e. The van der Waals surface area contributed by atoms with Crippen LogP contribution in [0.1, 0.15) is 68.3 Å². The van der Waals surface area contributed by atoms with Crippen molar-refractivity contribution in [2.45, 2.75) is 77.0 Å². The molecule has 12 heteroatoms. The Morgan fingerprint density at radius 3 is 2.44 bits per heavy atom. The molecule has 2 aliphatic carbocycles. The van der Waals surface area contributed by atoms with E-state index in [9.17, 15) is 23.2 Å². The fraction of sp³-hybridized carbons (Fsp3) is 0.586. The summed E-state index contributed by atoms with van der Waals surface area (Å²) in [5, 5.41) is 6.03. The van der Waals surface area contributed by atoms with E-state index in [1.807, 2.05) is 19.3 Å². The topological polar surface area (TPSA) is 106 Å². The molecule has 3 amide bonds. The van der Waals surface area contributed by atoms with Crippen LogP contribution in [0.15, 0.2) is 22.0 Å². The average molecular weight is 610 g/mol. The van der Waals surface area contributed by atoms with Crippen molar-refractivity contribution in [1.82, 2.24) is 10.6 Å². The number of halogens is 3. The summed E-state index contributed by atoms with van der Waals surface area (Å²) in [7, 11) is 0. The number of thioether (sulfide) groups is 1. The van der Waals surface area contributed by atoms with E-state index in [1.54, 1.807) is 19.9 Å². The molecule has 2 fully saturated rings. The van der Waals surface area contributed by atoms with Gasteiger partial charge in [-0.15, -0.1) is 11.8 Å². The molecule has 1 aromatic rings. The van der Waals surface area contributed by atoms with Crippen LogP contribution in [-0.4, -0.2) is 54.0 Å². The number of alkyl halides is 2. The number of amides is 3. The zero-order valence-electron chi connectivity index (χ0n) is 23.4. The number of fused-ring (bicyclic) bond motifs is 1. The van der Waals surface area contributed by atoms with Crippen molar-refractivity contribution in [1.29, 1.82) is 0 Å². The Kier molecular flexibility index (Phi) is 8.15. The zero-order valence-corrected chi connectivity index (χ0v) is 25.0. The molecular formula is C29H34ClF2N3O5S. The quantitative estimate of drug-likeness (QED) is 0.426. The second-order valence-corrected chi connectivity index (χ2v) is 12.8. The van der Waals surface area contributed by atoms with Crippen LogP contribution < -0.4 is 20.1 Å². The van der Waals surface area contributed by atoms with Gasteiger partial charge in [0, 0.05) is 65.9 Å². The van der Waals surface area contributed by atoms with E-state index >= 15 is 0 Å². The molecule has 5 rings (SSSR count). The molecule has 2 unspecified atom stereocenters. The van der Waals surface area contributed by atoms with Crippen LogP contribution in [0.25, 0.3) is 0 Å². The van der Waals surface area contributed by atoms with Crippen LogP contribution in [0.4, 0.5) is 8.78 Å². The molecule has 0 spiro atoms. The van der Waals surface area contributed by atoms with E-state index < -0.39 is 23.5 Å². The Bertz CT molecular complexity index is 1340. The fourth-order valence-electron chi connectivity index (χ4n) is 6.07. The number of rotatable bonds is 7. The van der Waals surface area contributed by atoms with E-state index in [-0.39, 0.29) is 54.1 Å². The van der Waals surface area contributed by atoms with Crippen LogP contribution in [0, 0.1) is 24.7 Å². The van der Waals surface area contributed by atoms with Crippen LogP contribution in [0.3, 0.4) is 0 Å². The lowest BCUT2D eigenvalue weighted by Gasteiger charge is -2.39. The number of nitrogens with one attached hydrogen (secondary N) is 2. The standard InChI is InChI=1S/C29H34ClF2N3O5S/c1-14-9-22(41-4)20(27(38)34-14)13-33-26(37)19-10-21(30)24-23(15(19)2)39-28(3,40-24)17-5-7-18(8-6-17)35-25(36)16-11-29(31,32)12-16/h9-10,16-18,20H,5-8,11-13H2,1-4H3,(H,33,37)(H,35,36). The fourth-order valence-corrected chi connectivity index (χ4v) is 7.06. The van der Waals surface area contributed by atoms with Crippen LogP contribution in [-0.2, 0) is 9.59 Å². The van der Waals surface area contributed by atoms with Crippen molar-refractivity contribution in [3.8, 4) is 11.5 Å². The molecule has 0 saturated heterocycles. The summed E-state index contributed by atoms with van der Waals surface area (Å²) in [4.78, 5) is 42.9. The Balaban J connectivity index is 1.21. The van der Waals surface area contributed by atoms with Gasteiger partial charge < -0.3 is 20.1 Å². The highest BCUT2D eigenvalue weighted by Crippen LogP contribution is 2.51. The maximum absolute atomic E-state index is 13.2. The highest BCUT2D eigenvalue weighted by molar-refractivity contribution is 8.02. The summed E-state index contributed by atoms with van der Waals surface area (Å²) in [6, 6.07) is 1.47. The molecule has 8 nitrogen and oxygen atoms in total. The molecular weight excluding hydrogens is 576 g/mol. The second-order valence-electron chi connectivity index (χ2n) is 11.5. The molecule has 0 bridgehead atoms. The number of aliphatic imine (C=N–C) groups is 1. The first-order valence-corrected chi connectivity index (χ1v) is 15.4. The maximum atomic E-state index is 13.2. The smallest absolute Gasteiger partial charge is 0.255 e. The van der Waals surface area contributed by atoms with Gasteiger partial charge in [-0.1, -0.05) is 11.6 Å². The lowest BCUT2D eigenvalue weighted by Crippen LogP contribution is -2.50. The normalized spacial score (nSPS) is 28.9. The Morgan fingerprint density at radius 2 is 1.80 bits per heavy atom. The number of nitrogens with zero attached hydrogens (tertiary/aromatic N) is 1. The molecule has 1 aromatic carbocycles. The highest BCUT2D eigenvalue weighted by atomic mass is 35.5. The first-order chi connectivity index (χ1) is 19.3. The summed E-state index contributed by atoms with van der Waals surface area (Å²) in [5.74, 6) is -5.09. The zero-order chi connectivity index (χ0) is 29.7. The summed E-state index contributed by atoms with van der Waals surface area (Å²) < 4.78 is 38.9. The van der Waals surface area contributed by atoms with Gasteiger partial charge in [0.2, 0.25) is 11.8 Å². The molecule has 41 heavy (non-hydrogen) atoms.